The molecule has 1 N–H and O–H groups in total. The van der Waals surface area contributed by atoms with Gasteiger partial charge in [0.25, 0.3) is 4.96 Å². The average Bonchev–Trinajstić information content (AvgIpc) is 2.98. The number of aliphatic hydroxyl groups excluding tert-OH is 1. The largest absolute Gasteiger partial charge is 0.396 e. The van der Waals surface area contributed by atoms with Gasteiger partial charge in [-0.3, -0.25) is 0 Å². The minimum absolute atomic E-state index is 0.0230. The number of nitrogens with zero attached hydrogens (tertiary/aromatic N) is 4. The summed E-state index contributed by atoms with van der Waals surface area (Å²) >= 11 is 1.38. The van der Waals surface area contributed by atoms with Crippen molar-refractivity contribution in [2.75, 3.05) is 24.6 Å². The summed E-state index contributed by atoms with van der Waals surface area (Å²) < 4.78 is 1.52. The zero-order valence-electron chi connectivity index (χ0n) is 10.2. The van der Waals surface area contributed by atoms with E-state index in [2.05, 4.69) is 4.98 Å². The second-order valence-corrected chi connectivity index (χ2v) is 5.58. The molecule has 0 saturated carbocycles. The standard InChI is InChI=1S/C11H14N4O3S/c16-7-8-2-1-3-13(6-8)9-10(15(17)18)14-4-5-19-11(14)12-9/h4-5,8,16H,1-3,6-7H2. The molecule has 8 heteroatoms. The smallest absolute Gasteiger partial charge is 0.373 e. The molecule has 0 aliphatic carbocycles. The minimum atomic E-state index is -0.384. The molecule has 7 nitrogen and oxygen atoms in total. The molecule has 0 radical (unpaired) electrons. The van der Waals surface area contributed by atoms with E-state index in [-0.39, 0.29) is 23.3 Å². The summed E-state index contributed by atoms with van der Waals surface area (Å²) in [6, 6.07) is 0. The van der Waals surface area contributed by atoms with Crippen LogP contribution >= 0.6 is 11.3 Å². The van der Waals surface area contributed by atoms with E-state index >= 15 is 0 Å². The number of thiazole rings is 1. The molecule has 1 unspecified atom stereocenters. The molecule has 1 fully saturated rings. The van der Waals surface area contributed by atoms with Crippen LogP contribution in [-0.2, 0) is 0 Å². The van der Waals surface area contributed by atoms with Gasteiger partial charge in [0, 0.05) is 25.1 Å². The molecule has 3 rings (SSSR count). The molecule has 0 spiro atoms. The van der Waals surface area contributed by atoms with E-state index in [1.165, 1.54) is 15.7 Å². The summed E-state index contributed by atoms with van der Waals surface area (Å²) in [5, 5.41) is 22.3. The number of aromatic nitrogens is 2. The number of imidazole rings is 1. The number of anilines is 1. The molecule has 3 heterocycles. The molecule has 1 aliphatic heterocycles. The lowest BCUT2D eigenvalue weighted by Gasteiger charge is -2.31. The Hall–Kier alpha value is -1.67. The fraction of sp³-hybridized carbons (Fsp3) is 0.545. The fourth-order valence-corrected chi connectivity index (χ4v) is 3.25. The molecular formula is C11H14N4O3S. The van der Waals surface area contributed by atoms with Gasteiger partial charge in [-0.15, -0.1) is 0 Å². The van der Waals surface area contributed by atoms with Crippen LogP contribution in [0.5, 0.6) is 0 Å². The Morgan fingerprint density at radius 2 is 2.47 bits per heavy atom. The van der Waals surface area contributed by atoms with Crippen LogP contribution in [0.25, 0.3) is 4.96 Å². The first-order chi connectivity index (χ1) is 9.20. The Labute approximate surface area is 113 Å². The summed E-state index contributed by atoms with van der Waals surface area (Å²) in [6.45, 7) is 1.50. The number of fused-ring (bicyclic) bond motifs is 1. The Kier molecular flexibility index (Phi) is 3.11. The SMILES string of the molecule is O=[N+]([O-])c1c(N2CCCC(CO)C2)nc2sccn12. The monoisotopic (exact) mass is 282 g/mol. The van der Waals surface area contributed by atoms with Gasteiger partial charge < -0.3 is 20.1 Å². The van der Waals surface area contributed by atoms with Crippen molar-refractivity contribution in [3.05, 3.63) is 21.7 Å². The van der Waals surface area contributed by atoms with Gasteiger partial charge >= 0.3 is 5.82 Å². The molecule has 1 aliphatic rings. The van der Waals surface area contributed by atoms with Gasteiger partial charge in [0.05, 0.1) is 0 Å². The van der Waals surface area contributed by atoms with Crippen LogP contribution in [0.4, 0.5) is 11.6 Å². The summed E-state index contributed by atoms with van der Waals surface area (Å²) in [5.74, 6) is 0.623. The van der Waals surface area contributed by atoms with Crippen LogP contribution in [0, 0.1) is 16.0 Å². The second kappa shape index (κ2) is 4.78. The van der Waals surface area contributed by atoms with E-state index in [1.807, 2.05) is 4.90 Å². The normalized spacial score (nSPS) is 20.1. The quantitative estimate of drug-likeness (QED) is 0.681. The fourth-order valence-electron chi connectivity index (χ4n) is 2.55. The number of hydrogen-bond donors (Lipinski definition) is 1. The van der Waals surface area contributed by atoms with Crippen molar-refractivity contribution in [1.82, 2.24) is 9.38 Å². The molecule has 0 aromatic carbocycles. The Bertz CT molecular complexity index is 608. The third-order valence-electron chi connectivity index (χ3n) is 3.47. The number of rotatable bonds is 3. The zero-order chi connectivity index (χ0) is 13.4. The van der Waals surface area contributed by atoms with E-state index < -0.39 is 0 Å². The van der Waals surface area contributed by atoms with Gasteiger partial charge in [-0.25, -0.2) is 0 Å². The minimum Gasteiger partial charge on any atom is -0.396 e. The van der Waals surface area contributed by atoms with E-state index in [4.69, 9.17) is 0 Å². The molecule has 2 aromatic heterocycles. The van der Waals surface area contributed by atoms with Crippen LogP contribution in [0.1, 0.15) is 12.8 Å². The van der Waals surface area contributed by atoms with E-state index in [0.29, 0.717) is 17.3 Å². The van der Waals surface area contributed by atoms with Crippen molar-refractivity contribution in [2.24, 2.45) is 5.92 Å². The first kappa shape index (κ1) is 12.4. The van der Waals surface area contributed by atoms with Crippen LogP contribution in [0.3, 0.4) is 0 Å². The molecule has 0 amide bonds. The molecular weight excluding hydrogens is 268 g/mol. The lowest BCUT2D eigenvalue weighted by atomic mass is 9.99. The van der Waals surface area contributed by atoms with Crippen molar-refractivity contribution in [3.8, 4) is 0 Å². The maximum Gasteiger partial charge on any atom is 0.373 e. The summed E-state index contributed by atoms with van der Waals surface area (Å²) in [4.78, 5) is 17.8. The van der Waals surface area contributed by atoms with Crippen molar-refractivity contribution in [2.45, 2.75) is 12.8 Å². The summed E-state index contributed by atoms with van der Waals surface area (Å²) in [6.07, 6.45) is 3.55. The first-order valence-corrected chi connectivity index (χ1v) is 7.04. The molecule has 19 heavy (non-hydrogen) atoms. The summed E-state index contributed by atoms with van der Waals surface area (Å²) in [5.41, 5.74) is 0. The zero-order valence-corrected chi connectivity index (χ0v) is 11.0. The van der Waals surface area contributed by atoms with Crippen LogP contribution < -0.4 is 4.90 Å². The molecule has 2 aromatic rings. The van der Waals surface area contributed by atoms with Crippen molar-refractivity contribution in [3.63, 3.8) is 0 Å². The van der Waals surface area contributed by atoms with Crippen LogP contribution in [0.2, 0.25) is 0 Å². The first-order valence-electron chi connectivity index (χ1n) is 6.16. The van der Waals surface area contributed by atoms with Crippen molar-refractivity contribution in [1.29, 1.82) is 0 Å². The highest BCUT2D eigenvalue weighted by molar-refractivity contribution is 7.15. The molecule has 1 saturated heterocycles. The highest BCUT2D eigenvalue weighted by atomic mass is 32.1. The molecule has 1 atom stereocenters. The predicted octanol–water partition coefficient (Wildman–Crippen LogP) is 1.51. The third-order valence-corrected chi connectivity index (χ3v) is 4.23. The van der Waals surface area contributed by atoms with Crippen molar-refractivity contribution >= 4 is 27.9 Å². The van der Waals surface area contributed by atoms with Gasteiger partial charge in [0.15, 0.2) is 0 Å². The Morgan fingerprint density at radius 3 is 3.21 bits per heavy atom. The van der Waals surface area contributed by atoms with Crippen LogP contribution in [0.15, 0.2) is 11.6 Å². The number of nitro groups is 1. The van der Waals surface area contributed by atoms with Gasteiger partial charge in [-0.2, -0.15) is 9.38 Å². The number of aliphatic hydroxyl groups is 1. The van der Waals surface area contributed by atoms with Gasteiger partial charge in [-0.1, -0.05) is 11.3 Å². The van der Waals surface area contributed by atoms with Crippen LogP contribution in [-0.4, -0.2) is 39.1 Å². The second-order valence-electron chi connectivity index (χ2n) is 4.71. The lowest BCUT2D eigenvalue weighted by molar-refractivity contribution is -0.389. The topological polar surface area (TPSA) is 83.9 Å². The highest BCUT2D eigenvalue weighted by Crippen LogP contribution is 2.33. The third kappa shape index (κ3) is 2.06. The van der Waals surface area contributed by atoms with E-state index in [1.54, 1.807) is 11.6 Å². The van der Waals surface area contributed by atoms with Gasteiger partial charge in [0.2, 0.25) is 5.82 Å². The Balaban J connectivity index is 2.01. The maximum atomic E-state index is 11.3. The van der Waals surface area contributed by atoms with Crippen molar-refractivity contribution < 1.29 is 10.0 Å². The van der Waals surface area contributed by atoms with E-state index in [0.717, 1.165) is 19.4 Å². The van der Waals surface area contributed by atoms with Gasteiger partial charge in [-0.05, 0) is 23.7 Å². The predicted molar refractivity (Wildman–Crippen MR) is 71.7 cm³/mol. The lowest BCUT2D eigenvalue weighted by Crippen LogP contribution is -2.37. The molecule has 102 valence electrons. The maximum absolute atomic E-state index is 11.3. The number of hydrogen-bond acceptors (Lipinski definition) is 6. The molecule has 0 bridgehead atoms. The Morgan fingerprint density at radius 1 is 1.63 bits per heavy atom. The average molecular weight is 282 g/mol. The summed E-state index contributed by atoms with van der Waals surface area (Å²) in [7, 11) is 0. The number of piperidine rings is 1. The highest BCUT2D eigenvalue weighted by Gasteiger charge is 2.30. The van der Waals surface area contributed by atoms with Gasteiger partial charge in [0.1, 0.15) is 6.20 Å². The van der Waals surface area contributed by atoms with E-state index in [9.17, 15) is 15.2 Å².